The van der Waals surface area contributed by atoms with Gasteiger partial charge in [-0.3, -0.25) is 4.39 Å². The topological polar surface area (TPSA) is 75.6 Å². The van der Waals surface area contributed by atoms with Crippen molar-refractivity contribution in [1.82, 2.24) is 5.32 Å². The average Bonchev–Trinajstić information content (AvgIpc) is 2.20. The molecule has 15 heavy (non-hydrogen) atoms. The molecule has 2 N–H and O–H groups in total. The summed E-state index contributed by atoms with van der Waals surface area (Å²) >= 11 is 0. The molecule has 1 amide bonds. The van der Waals surface area contributed by atoms with Crippen LogP contribution in [0, 0.1) is 0 Å². The van der Waals surface area contributed by atoms with Crippen LogP contribution >= 0.6 is 0 Å². The number of nitrogens with one attached hydrogen (secondary N) is 1. The highest BCUT2D eigenvalue weighted by Crippen LogP contribution is 1.99. The number of carboxylic acid groups (broad SMARTS) is 1. The normalized spacial score (nSPS) is 11.5. The number of carbonyl (C=O) groups is 2. The molecular formula is C9H14FNO4. The van der Waals surface area contributed by atoms with Crippen molar-refractivity contribution in [2.75, 3.05) is 13.3 Å². The van der Waals surface area contributed by atoms with Gasteiger partial charge in [0.1, 0.15) is 12.6 Å². The van der Waals surface area contributed by atoms with Gasteiger partial charge in [0, 0.05) is 0 Å². The van der Waals surface area contributed by atoms with Crippen LogP contribution in [0.15, 0.2) is 12.7 Å². The Balaban J connectivity index is 3.98. The number of hydrogen-bond donors (Lipinski definition) is 2. The van der Waals surface area contributed by atoms with Gasteiger partial charge in [-0.2, -0.15) is 0 Å². The molecule has 0 heterocycles. The van der Waals surface area contributed by atoms with Crippen LogP contribution in [0.2, 0.25) is 0 Å². The minimum Gasteiger partial charge on any atom is -0.480 e. The van der Waals surface area contributed by atoms with Crippen molar-refractivity contribution in [1.29, 1.82) is 0 Å². The van der Waals surface area contributed by atoms with E-state index >= 15 is 0 Å². The average molecular weight is 219 g/mol. The third kappa shape index (κ3) is 6.48. The van der Waals surface area contributed by atoms with Crippen molar-refractivity contribution in [3.8, 4) is 0 Å². The number of rotatable bonds is 7. The summed E-state index contributed by atoms with van der Waals surface area (Å²) in [5.41, 5.74) is 0. The number of aliphatic carboxylic acids is 1. The summed E-state index contributed by atoms with van der Waals surface area (Å²) in [4.78, 5) is 21.5. The van der Waals surface area contributed by atoms with Crippen LogP contribution in [0.25, 0.3) is 0 Å². The van der Waals surface area contributed by atoms with Gasteiger partial charge in [-0.15, -0.1) is 0 Å². The molecule has 86 valence electrons. The molecule has 0 aromatic carbocycles. The van der Waals surface area contributed by atoms with Gasteiger partial charge in [-0.25, -0.2) is 9.59 Å². The van der Waals surface area contributed by atoms with Gasteiger partial charge >= 0.3 is 12.1 Å². The Morgan fingerprint density at radius 3 is 2.73 bits per heavy atom. The molecule has 0 bridgehead atoms. The summed E-state index contributed by atoms with van der Waals surface area (Å²) in [5, 5.41) is 10.8. The molecule has 0 saturated carbocycles. The number of carboxylic acids is 1. The quantitative estimate of drug-likeness (QED) is 0.629. The summed E-state index contributed by atoms with van der Waals surface area (Å²) in [6, 6.07) is -1.11. The molecule has 6 heteroatoms. The highest BCUT2D eigenvalue weighted by atomic mass is 19.1. The van der Waals surface area contributed by atoms with Gasteiger partial charge in [0.25, 0.3) is 0 Å². The Morgan fingerprint density at radius 2 is 2.27 bits per heavy atom. The van der Waals surface area contributed by atoms with E-state index in [1.165, 1.54) is 6.08 Å². The van der Waals surface area contributed by atoms with Crippen molar-refractivity contribution < 1.29 is 23.8 Å². The maximum atomic E-state index is 11.8. The number of alkyl carbamates (subject to hydrolysis) is 1. The fourth-order valence-corrected chi connectivity index (χ4v) is 0.857. The number of carbonyl (C=O) groups excluding carboxylic acids is 1. The van der Waals surface area contributed by atoms with Crippen molar-refractivity contribution in [3.05, 3.63) is 12.7 Å². The third-order valence-electron chi connectivity index (χ3n) is 1.55. The first kappa shape index (κ1) is 13.4. The standard InChI is InChI=1S/C9H14FNO4/c1-2-6-15-9(14)11-7(8(12)13)4-3-5-10/h2,7H,1,3-6H2,(H,11,14)(H,12,13). The van der Waals surface area contributed by atoms with Crippen LogP contribution < -0.4 is 5.32 Å². The highest BCUT2D eigenvalue weighted by Gasteiger charge is 2.19. The molecule has 0 radical (unpaired) electrons. The number of hydrogen-bond acceptors (Lipinski definition) is 3. The van der Waals surface area contributed by atoms with E-state index in [1.54, 1.807) is 0 Å². The van der Waals surface area contributed by atoms with Crippen LogP contribution in [0.4, 0.5) is 9.18 Å². The summed E-state index contributed by atoms with van der Waals surface area (Å²) < 4.78 is 16.3. The number of ether oxygens (including phenoxy) is 1. The van der Waals surface area contributed by atoms with Gasteiger partial charge in [0.2, 0.25) is 0 Å². The molecule has 5 nitrogen and oxygen atoms in total. The van der Waals surface area contributed by atoms with Crippen molar-refractivity contribution in [2.24, 2.45) is 0 Å². The fraction of sp³-hybridized carbons (Fsp3) is 0.556. The van der Waals surface area contributed by atoms with Gasteiger partial charge < -0.3 is 15.2 Å². The summed E-state index contributed by atoms with van der Waals surface area (Å²) in [7, 11) is 0. The van der Waals surface area contributed by atoms with Crippen molar-refractivity contribution in [3.63, 3.8) is 0 Å². The first-order valence-corrected chi connectivity index (χ1v) is 4.44. The first-order valence-electron chi connectivity index (χ1n) is 4.44. The van der Waals surface area contributed by atoms with Crippen molar-refractivity contribution >= 4 is 12.1 Å². The molecular weight excluding hydrogens is 205 g/mol. The van der Waals surface area contributed by atoms with E-state index < -0.39 is 24.8 Å². The van der Waals surface area contributed by atoms with E-state index in [4.69, 9.17) is 5.11 Å². The lowest BCUT2D eigenvalue weighted by molar-refractivity contribution is -0.139. The number of halogens is 1. The van der Waals surface area contributed by atoms with E-state index in [9.17, 15) is 14.0 Å². The van der Waals surface area contributed by atoms with E-state index in [2.05, 4.69) is 16.6 Å². The van der Waals surface area contributed by atoms with Gasteiger partial charge in [0.05, 0.1) is 6.67 Å². The van der Waals surface area contributed by atoms with E-state index in [1.807, 2.05) is 0 Å². The smallest absolute Gasteiger partial charge is 0.408 e. The molecule has 0 rings (SSSR count). The van der Waals surface area contributed by atoms with E-state index in [-0.39, 0.29) is 19.4 Å². The van der Waals surface area contributed by atoms with Crippen LogP contribution in [0.3, 0.4) is 0 Å². The monoisotopic (exact) mass is 219 g/mol. The largest absolute Gasteiger partial charge is 0.480 e. The van der Waals surface area contributed by atoms with Crippen LogP contribution in [-0.4, -0.2) is 36.5 Å². The number of amides is 1. The highest BCUT2D eigenvalue weighted by molar-refractivity contribution is 5.79. The Labute approximate surface area is 86.9 Å². The van der Waals surface area contributed by atoms with E-state index in [0.29, 0.717) is 0 Å². The molecule has 0 fully saturated rings. The van der Waals surface area contributed by atoms with Crippen LogP contribution in [0.5, 0.6) is 0 Å². The third-order valence-corrected chi connectivity index (χ3v) is 1.55. The number of alkyl halides is 1. The molecule has 0 spiro atoms. The Morgan fingerprint density at radius 1 is 1.60 bits per heavy atom. The first-order chi connectivity index (χ1) is 7.11. The van der Waals surface area contributed by atoms with Crippen LogP contribution in [0.1, 0.15) is 12.8 Å². The Hall–Kier alpha value is -1.59. The second-order valence-electron chi connectivity index (χ2n) is 2.75. The second kappa shape index (κ2) is 7.78. The summed E-state index contributed by atoms with van der Waals surface area (Å²) in [6.07, 6.45) is 0.631. The molecule has 0 aromatic heterocycles. The molecule has 0 aliphatic carbocycles. The minimum atomic E-state index is -1.21. The van der Waals surface area contributed by atoms with Gasteiger partial charge in [-0.1, -0.05) is 12.7 Å². The van der Waals surface area contributed by atoms with Crippen molar-refractivity contribution in [2.45, 2.75) is 18.9 Å². The SMILES string of the molecule is C=CCOC(=O)NC(CCCF)C(=O)O. The molecule has 0 aliphatic heterocycles. The minimum absolute atomic E-state index is 0.00127. The molecule has 0 saturated heterocycles. The maximum absolute atomic E-state index is 11.8. The lowest BCUT2D eigenvalue weighted by Crippen LogP contribution is -2.41. The lowest BCUT2D eigenvalue weighted by atomic mass is 10.2. The zero-order chi connectivity index (χ0) is 11.7. The maximum Gasteiger partial charge on any atom is 0.408 e. The Kier molecular flexibility index (Phi) is 6.96. The predicted octanol–water partition coefficient (Wildman–Crippen LogP) is 1.10. The zero-order valence-corrected chi connectivity index (χ0v) is 8.24. The molecule has 0 aromatic rings. The lowest BCUT2D eigenvalue weighted by Gasteiger charge is -2.12. The van der Waals surface area contributed by atoms with Gasteiger partial charge in [-0.05, 0) is 12.8 Å². The fourth-order valence-electron chi connectivity index (χ4n) is 0.857. The zero-order valence-electron chi connectivity index (χ0n) is 8.24. The van der Waals surface area contributed by atoms with Gasteiger partial charge in [0.15, 0.2) is 0 Å². The second-order valence-corrected chi connectivity index (χ2v) is 2.75. The Bertz CT molecular complexity index is 232. The summed E-state index contributed by atoms with van der Waals surface area (Å²) in [5.74, 6) is -1.21. The van der Waals surface area contributed by atoms with E-state index in [0.717, 1.165) is 0 Å². The molecule has 0 aliphatic rings. The summed E-state index contributed by atoms with van der Waals surface area (Å²) in [6.45, 7) is 2.71. The van der Waals surface area contributed by atoms with Crippen LogP contribution in [-0.2, 0) is 9.53 Å². The molecule has 1 unspecified atom stereocenters. The molecule has 1 atom stereocenters. The predicted molar refractivity (Wildman–Crippen MR) is 51.3 cm³/mol.